The van der Waals surface area contributed by atoms with Gasteiger partial charge in [-0.2, -0.15) is 0 Å². The summed E-state index contributed by atoms with van der Waals surface area (Å²) in [6, 6.07) is 0. The molecule has 0 aliphatic carbocycles. The second kappa shape index (κ2) is 3.12. The van der Waals surface area contributed by atoms with Crippen molar-refractivity contribution >= 4 is 5.78 Å². The fourth-order valence-electron chi connectivity index (χ4n) is 0.851. The first-order valence-corrected chi connectivity index (χ1v) is 4.01. The van der Waals surface area contributed by atoms with Crippen LogP contribution in [0.2, 0.25) is 0 Å². The number of H-pyrrole nitrogens is 1. The summed E-state index contributed by atoms with van der Waals surface area (Å²) in [5, 5.41) is 0. The molecule has 4 heteroatoms. The minimum absolute atomic E-state index is 0.0799. The van der Waals surface area contributed by atoms with Crippen LogP contribution < -0.4 is 5.56 Å². The summed E-state index contributed by atoms with van der Waals surface area (Å²) in [5.74, 6) is -0.0799. The Kier molecular flexibility index (Phi) is 2.32. The van der Waals surface area contributed by atoms with Crippen molar-refractivity contribution < 1.29 is 4.79 Å². The number of aromatic amines is 1. The molecule has 1 N–H and O–H groups in total. The van der Waals surface area contributed by atoms with Crippen LogP contribution in [0.3, 0.4) is 0 Å². The summed E-state index contributed by atoms with van der Waals surface area (Å²) in [5.41, 5.74) is -0.469. The van der Waals surface area contributed by atoms with Crippen LogP contribution in [0, 0.1) is 5.41 Å². The van der Waals surface area contributed by atoms with Gasteiger partial charge in [0.25, 0.3) is 5.56 Å². The number of rotatable bonds is 1. The van der Waals surface area contributed by atoms with E-state index in [0.717, 1.165) is 6.20 Å². The van der Waals surface area contributed by atoms with Gasteiger partial charge in [-0.15, -0.1) is 0 Å². The van der Waals surface area contributed by atoms with Crippen LogP contribution in [0.25, 0.3) is 0 Å². The van der Waals surface area contributed by atoms with Gasteiger partial charge < -0.3 is 4.98 Å². The Balaban J connectivity index is 3.04. The standard InChI is InChI=1S/C9H12N2O2/c1-9(2,3)8(13)6-4-11-7(12)5-10-6/h4-5H,1-3H3,(H,11,12). The van der Waals surface area contributed by atoms with Crippen LogP contribution in [-0.4, -0.2) is 15.8 Å². The highest BCUT2D eigenvalue weighted by atomic mass is 16.1. The molecule has 0 saturated heterocycles. The van der Waals surface area contributed by atoms with Crippen molar-refractivity contribution in [1.82, 2.24) is 9.97 Å². The average molecular weight is 180 g/mol. The molecule has 0 radical (unpaired) electrons. The van der Waals surface area contributed by atoms with Gasteiger partial charge in [0.2, 0.25) is 0 Å². The summed E-state index contributed by atoms with van der Waals surface area (Å²) >= 11 is 0. The van der Waals surface area contributed by atoms with E-state index in [-0.39, 0.29) is 11.3 Å². The fourth-order valence-corrected chi connectivity index (χ4v) is 0.851. The van der Waals surface area contributed by atoms with Gasteiger partial charge in [-0.25, -0.2) is 4.98 Å². The molecule has 1 rings (SSSR count). The Morgan fingerprint density at radius 2 is 2.08 bits per heavy atom. The molecule has 0 unspecified atom stereocenters. The number of nitrogens with one attached hydrogen (secondary N) is 1. The normalized spacial score (nSPS) is 11.3. The summed E-state index contributed by atoms with van der Waals surface area (Å²) in [4.78, 5) is 28.4. The molecule has 0 spiro atoms. The van der Waals surface area contributed by atoms with E-state index in [1.165, 1.54) is 6.20 Å². The molecule has 13 heavy (non-hydrogen) atoms. The number of Topliss-reactive ketones (excluding diaryl/α,β-unsaturated/α-hetero) is 1. The Bertz CT molecular complexity index is 353. The van der Waals surface area contributed by atoms with Gasteiger partial charge in [-0.1, -0.05) is 20.8 Å². The first-order valence-electron chi connectivity index (χ1n) is 4.01. The summed E-state index contributed by atoms with van der Waals surface area (Å²) < 4.78 is 0. The van der Waals surface area contributed by atoms with Crippen molar-refractivity contribution in [1.29, 1.82) is 0 Å². The molecule has 1 heterocycles. The van der Waals surface area contributed by atoms with E-state index < -0.39 is 5.41 Å². The molecule has 1 aromatic rings. The number of carbonyl (C=O) groups is 1. The van der Waals surface area contributed by atoms with E-state index in [0.29, 0.717) is 5.69 Å². The van der Waals surface area contributed by atoms with Crippen LogP contribution in [-0.2, 0) is 0 Å². The van der Waals surface area contributed by atoms with Crippen LogP contribution >= 0.6 is 0 Å². The third-order valence-electron chi connectivity index (χ3n) is 1.59. The molecular formula is C9H12N2O2. The van der Waals surface area contributed by atoms with Gasteiger partial charge in [0, 0.05) is 11.6 Å². The molecule has 0 aliphatic heterocycles. The highest BCUT2D eigenvalue weighted by Gasteiger charge is 2.23. The quantitative estimate of drug-likeness (QED) is 0.656. The maximum atomic E-state index is 11.6. The minimum Gasteiger partial charge on any atom is -0.325 e. The molecule has 0 atom stereocenters. The van der Waals surface area contributed by atoms with Crippen molar-refractivity contribution in [2.75, 3.05) is 0 Å². The lowest BCUT2D eigenvalue weighted by atomic mass is 9.89. The summed E-state index contributed by atoms with van der Waals surface area (Å²) in [6.45, 7) is 5.42. The monoisotopic (exact) mass is 180 g/mol. The summed E-state index contributed by atoms with van der Waals surface area (Å²) in [6.07, 6.45) is 2.45. The second-order valence-corrected chi connectivity index (χ2v) is 3.88. The number of aromatic nitrogens is 2. The van der Waals surface area contributed by atoms with Crippen LogP contribution in [0.4, 0.5) is 0 Å². The third-order valence-corrected chi connectivity index (χ3v) is 1.59. The first-order chi connectivity index (χ1) is 5.91. The van der Waals surface area contributed by atoms with Gasteiger partial charge in [-0.3, -0.25) is 9.59 Å². The molecule has 1 aromatic heterocycles. The largest absolute Gasteiger partial charge is 0.325 e. The highest BCUT2D eigenvalue weighted by molar-refractivity contribution is 5.97. The Morgan fingerprint density at radius 3 is 2.46 bits per heavy atom. The maximum absolute atomic E-state index is 11.6. The molecule has 0 amide bonds. The van der Waals surface area contributed by atoms with E-state index in [1.54, 1.807) is 0 Å². The molecule has 4 nitrogen and oxygen atoms in total. The first kappa shape index (κ1) is 9.64. The zero-order chi connectivity index (χ0) is 10.1. The van der Waals surface area contributed by atoms with Gasteiger partial charge in [-0.05, 0) is 0 Å². The topological polar surface area (TPSA) is 62.8 Å². The zero-order valence-electron chi connectivity index (χ0n) is 7.92. The van der Waals surface area contributed by atoms with E-state index >= 15 is 0 Å². The van der Waals surface area contributed by atoms with Gasteiger partial charge in [0.1, 0.15) is 5.69 Å². The highest BCUT2D eigenvalue weighted by Crippen LogP contribution is 2.18. The minimum atomic E-state index is -0.467. The van der Waals surface area contributed by atoms with E-state index in [1.807, 2.05) is 20.8 Å². The van der Waals surface area contributed by atoms with Crippen LogP contribution in [0.1, 0.15) is 31.3 Å². The molecular weight excluding hydrogens is 168 g/mol. The third kappa shape index (κ3) is 2.24. The SMILES string of the molecule is CC(C)(C)C(=O)c1c[nH]c(=O)cn1. The van der Waals surface area contributed by atoms with Gasteiger partial charge in [0.05, 0.1) is 6.20 Å². The number of hydrogen-bond donors (Lipinski definition) is 1. The Hall–Kier alpha value is -1.45. The lowest BCUT2D eigenvalue weighted by Crippen LogP contribution is -2.22. The van der Waals surface area contributed by atoms with Gasteiger partial charge in [0.15, 0.2) is 5.78 Å². The Labute approximate surface area is 76.0 Å². The predicted octanol–water partition coefficient (Wildman–Crippen LogP) is 0.999. The maximum Gasteiger partial charge on any atom is 0.266 e. The molecule has 0 bridgehead atoms. The van der Waals surface area contributed by atoms with Gasteiger partial charge >= 0.3 is 0 Å². The lowest BCUT2D eigenvalue weighted by Gasteiger charge is -2.14. The molecule has 70 valence electrons. The molecule has 0 fully saturated rings. The summed E-state index contributed by atoms with van der Waals surface area (Å²) in [7, 11) is 0. The van der Waals surface area contributed by atoms with E-state index in [2.05, 4.69) is 9.97 Å². The molecule has 0 saturated carbocycles. The number of nitrogens with zero attached hydrogens (tertiary/aromatic N) is 1. The smallest absolute Gasteiger partial charge is 0.266 e. The van der Waals surface area contributed by atoms with E-state index in [9.17, 15) is 9.59 Å². The second-order valence-electron chi connectivity index (χ2n) is 3.88. The number of carbonyl (C=O) groups excluding carboxylic acids is 1. The van der Waals surface area contributed by atoms with Crippen molar-refractivity contribution in [3.05, 3.63) is 28.4 Å². The van der Waals surface area contributed by atoms with Crippen molar-refractivity contribution in [2.45, 2.75) is 20.8 Å². The van der Waals surface area contributed by atoms with Crippen molar-refractivity contribution in [3.63, 3.8) is 0 Å². The lowest BCUT2D eigenvalue weighted by molar-refractivity contribution is 0.0852. The predicted molar refractivity (Wildman–Crippen MR) is 48.6 cm³/mol. The van der Waals surface area contributed by atoms with Crippen LogP contribution in [0.15, 0.2) is 17.2 Å². The van der Waals surface area contributed by atoms with Crippen LogP contribution in [0.5, 0.6) is 0 Å². The zero-order valence-corrected chi connectivity index (χ0v) is 7.92. The average Bonchev–Trinajstić information content (AvgIpc) is 2.03. The number of ketones is 1. The van der Waals surface area contributed by atoms with E-state index in [4.69, 9.17) is 0 Å². The van der Waals surface area contributed by atoms with Crippen molar-refractivity contribution in [3.8, 4) is 0 Å². The number of hydrogen-bond acceptors (Lipinski definition) is 3. The fraction of sp³-hybridized carbons (Fsp3) is 0.444. The Morgan fingerprint density at radius 1 is 1.46 bits per heavy atom. The van der Waals surface area contributed by atoms with Crippen molar-refractivity contribution in [2.24, 2.45) is 5.41 Å². The molecule has 0 aromatic carbocycles. The molecule has 0 aliphatic rings.